The molecule has 0 fully saturated rings. The summed E-state index contributed by atoms with van der Waals surface area (Å²) in [5.41, 5.74) is 4.18. The quantitative estimate of drug-likeness (QED) is 0.0705. The number of rotatable bonds is 0. The van der Waals surface area contributed by atoms with E-state index in [2.05, 4.69) is 16.0 Å². The number of nitrogens with one attached hydrogen (secondary N) is 2. The summed E-state index contributed by atoms with van der Waals surface area (Å²) >= 11 is 0. The molecule has 0 radical (unpaired) electrons. The van der Waals surface area contributed by atoms with Gasteiger partial charge in [0.1, 0.15) is 0 Å². The molecule has 14 nitrogen and oxygen atoms in total. The van der Waals surface area contributed by atoms with Crippen molar-refractivity contribution in [3.63, 3.8) is 0 Å². The van der Waals surface area contributed by atoms with Crippen LogP contribution in [0.3, 0.4) is 0 Å². The Morgan fingerprint density at radius 2 is 1.33 bits per heavy atom. The van der Waals surface area contributed by atoms with Crippen LogP contribution in [0, 0.1) is 20.2 Å². The van der Waals surface area contributed by atoms with E-state index >= 15 is 0 Å². The summed E-state index contributed by atoms with van der Waals surface area (Å²) in [5, 5.41) is 30.3. The zero-order valence-electron chi connectivity index (χ0n) is 7.10. The molecule has 0 aliphatic carbocycles. The highest BCUT2D eigenvalue weighted by atomic mass is 16.9. The number of nitrogens with two attached hydrogens (primary N) is 3. The number of hydrazine groups is 2. The summed E-state index contributed by atoms with van der Waals surface area (Å²) in [6, 6.07) is 0. The van der Waals surface area contributed by atoms with Gasteiger partial charge in [-0.2, -0.15) is 0 Å². The number of guanidine groups is 1. The van der Waals surface area contributed by atoms with Crippen LogP contribution in [0.1, 0.15) is 0 Å². The first kappa shape index (κ1) is 18.2. The Balaban J connectivity index is -0.000000155. The van der Waals surface area contributed by atoms with Crippen LogP contribution in [0.25, 0.3) is 0 Å². The van der Waals surface area contributed by atoms with Crippen molar-refractivity contribution < 1.29 is 20.6 Å². The predicted molar refractivity (Wildman–Crippen MR) is 43.8 cm³/mol. The van der Waals surface area contributed by atoms with Gasteiger partial charge in [0.25, 0.3) is 10.2 Å². The Morgan fingerprint density at radius 3 is 1.33 bits per heavy atom. The van der Waals surface area contributed by atoms with Crippen molar-refractivity contribution in [1.29, 1.82) is 0 Å². The summed E-state index contributed by atoms with van der Waals surface area (Å²) in [4.78, 5) is 16.7. The van der Waals surface area contributed by atoms with Crippen LogP contribution in [0.15, 0.2) is 5.10 Å². The molecule has 0 amide bonds. The largest absolute Gasteiger partial charge is 0.328 e. The maximum Gasteiger partial charge on any atom is 0.291 e. The fourth-order valence-corrected chi connectivity index (χ4v) is 0.116. The maximum atomic E-state index is 8.36. The van der Waals surface area contributed by atoms with Gasteiger partial charge in [0, 0.05) is 0 Å². The van der Waals surface area contributed by atoms with Crippen LogP contribution in [-0.2, 0) is 0 Å². The minimum absolute atomic E-state index is 0.139. The number of hydrogen-bond donors (Lipinski definition) is 7. The molecule has 15 heavy (non-hydrogen) atoms. The molecule has 0 heterocycles. The van der Waals surface area contributed by atoms with E-state index in [0.717, 1.165) is 0 Å². The van der Waals surface area contributed by atoms with Gasteiger partial charge in [0.05, 0.1) is 0 Å². The molecule has 0 saturated heterocycles. The third-order valence-electron chi connectivity index (χ3n) is 0.403. The first-order chi connectivity index (χ1) is 6.81. The Kier molecular flexibility index (Phi) is 16.9. The monoisotopic (exact) mass is 230 g/mol. The Labute approximate surface area is 81.5 Å². The highest BCUT2D eigenvalue weighted by Gasteiger charge is 1.82. The zero-order valence-corrected chi connectivity index (χ0v) is 7.10. The van der Waals surface area contributed by atoms with Crippen LogP contribution in [0.5, 0.6) is 0 Å². The van der Waals surface area contributed by atoms with Crippen LogP contribution in [0.4, 0.5) is 0 Å². The lowest BCUT2D eigenvalue weighted by Gasteiger charge is -1.97. The molecule has 0 aliphatic heterocycles. The first-order valence-electron chi connectivity index (χ1n) is 2.69. The summed E-state index contributed by atoms with van der Waals surface area (Å²) in [6.45, 7) is 0. The summed E-state index contributed by atoms with van der Waals surface area (Å²) < 4.78 is 0. The van der Waals surface area contributed by atoms with Crippen molar-refractivity contribution in [3.8, 4) is 0 Å². The number of nitrogens with zero attached hydrogens (tertiary/aromatic N) is 3. The van der Waals surface area contributed by atoms with Gasteiger partial charge in [-0.1, -0.05) is 0 Å². The Morgan fingerprint density at radius 1 is 1.13 bits per heavy atom. The second-order valence-corrected chi connectivity index (χ2v) is 1.24. The van der Waals surface area contributed by atoms with Crippen molar-refractivity contribution in [2.24, 2.45) is 22.6 Å². The lowest BCUT2D eigenvalue weighted by molar-refractivity contribution is -0.742. The van der Waals surface area contributed by atoms with Crippen LogP contribution >= 0.6 is 0 Å². The number of hydrogen-bond acceptors (Lipinski definition) is 8. The zero-order chi connectivity index (χ0) is 12.9. The van der Waals surface area contributed by atoms with Crippen molar-refractivity contribution in [2.45, 2.75) is 0 Å². The van der Waals surface area contributed by atoms with E-state index in [4.69, 9.17) is 48.2 Å². The SMILES string of the molecule is NN=C(NN)NN.O=[N+]([O-])O.O=[N+]([O-])O. The average Bonchev–Trinajstić information content (AvgIpc) is 2.05. The molecule has 90 valence electrons. The molecule has 0 aliphatic rings. The fourth-order valence-electron chi connectivity index (χ4n) is 0.116. The molecule has 0 saturated carbocycles. The summed E-state index contributed by atoms with van der Waals surface area (Å²) in [7, 11) is 0. The summed E-state index contributed by atoms with van der Waals surface area (Å²) in [5.74, 6) is 14.4. The van der Waals surface area contributed by atoms with Gasteiger partial charge in [-0.15, -0.1) is 25.3 Å². The van der Waals surface area contributed by atoms with E-state index in [1.807, 2.05) is 0 Å². The molecule has 10 N–H and O–H groups in total. The van der Waals surface area contributed by atoms with E-state index in [9.17, 15) is 0 Å². The average molecular weight is 230 g/mol. The van der Waals surface area contributed by atoms with Gasteiger partial charge in [-0.05, 0) is 0 Å². The fraction of sp³-hybridized carbons (Fsp3) is 0. The van der Waals surface area contributed by atoms with Gasteiger partial charge in [0.15, 0.2) is 0 Å². The molecule has 0 aromatic carbocycles. The van der Waals surface area contributed by atoms with Crippen molar-refractivity contribution in [3.05, 3.63) is 20.2 Å². The van der Waals surface area contributed by atoms with Crippen LogP contribution in [0.2, 0.25) is 0 Å². The molecule has 0 bridgehead atoms. The van der Waals surface area contributed by atoms with Crippen molar-refractivity contribution >= 4 is 5.96 Å². The lowest BCUT2D eigenvalue weighted by Crippen LogP contribution is -2.45. The molecular weight excluding hydrogens is 220 g/mol. The Hall–Kier alpha value is -2.61. The predicted octanol–water partition coefficient (Wildman–Crippen LogP) is -3.55. The van der Waals surface area contributed by atoms with E-state index in [1.165, 1.54) is 0 Å². The molecular formula is CH10N8O6. The minimum Gasteiger partial charge on any atom is -0.328 e. The Bertz CT molecular complexity index is 175. The van der Waals surface area contributed by atoms with E-state index < -0.39 is 10.2 Å². The van der Waals surface area contributed by atoms with Gasteiger partial charge >= 0.3 is 0 Å². The standard InChI is InChI=1S/CH8N6.2HNO3/c2-5-1(6-3)7-4;2*2-1(3)4/h2-4H2,(H2,5,6,7);2*(H,2,3,4). The van der Waals surface area contributed by atoms with Gasteiger partial charge in [0.2, 0.25) is 5.96 Å². The third-order valence-corrected chi connectivity index (χ3v) is 0.403. The highest BCUT2D eigenvalue weighted by molar-refractivity contribution is 5.77. The lowest BCUT2D eigenvalue weighted by atomic mass is 11.1. The topological polar surface area (TPSA) is 241 Å². The highest BCUT2D eigenvalue weighted by Crippen LogP contribution is 1.45. The third kappa shape index (κ3) is 87.4. The molecule has 0 spiro atoms. The van der Waals surface area contributed by atoms with E-state index in [1.54, 1.807) is 0 Å². The van der Waals surface area contributed by atoms with Gasteiger partial charge in [-0.3, -0.25) is 10.9 Å². The smallest absolute Gasteiger partial charge is 0.291 e. The van der Waals surface area contributed by atoms with Crippen LogP contribution < -0.4 is 28.4 Å². The van der Waals surface area contributed by atoms with Crippen molar-refractivity contribution in [2.75, 3.05) is 0 Å². The first-order valence-corrected chi connectivity index (χ1v) is 2.69. The second kappa shape index (κ2) is 13.9. The number of hydrazone groups is 1. The molecule has 0 aromatic rings. The molecule has 0 atom stereocenters. The second-order valence-electron chi connectivity index (χ2n) is 1.24. The summed E-state index contributed by atoms with van der Waals surface area (Å²) in [6.07, 6.45) is 0. The molecule has 0 unspecified atom stereocenters. The maximum absolute atomic E-state index is 8.36. The van der Waals surface area contributed by atoms with Crippen molar-refractivity contribution in [1.82, 2.24) is 10.9 Å². The van der Waals surface area contributed by atoms with Gasteiger partial charge < -0.3 is 16.3 Å². The minimum atomic E-state index is -1.50. The van der Waals surface area contributed by atoms with E-state index in [-0.39, 0.29) is 5.96 Å². The van der Waals surface area contributed by atoms with Gasteiger partial charge in [-0.25, -0.2) is 11.7 Å². The molecule has 14 heteroatoms. The molecule has 0 rings (SSSR count). The van der Waals surface area contributed by atoms with Crippen LogP contribution in [-0.4, -0.2) is 26.5 Å². The molecule has 0 aromatic heterocycles. The van der Waals surface area contributed by atoms with E-state index in [0.29, 0.717) is 0 Å². The normalized spacial score (nSPS) is 6.53.